The molecule has 0 aromatic heterocycles. The van der Waals surface area contributed by atoms with Gasteiger partial charge < -0.3 is 39.1 Å². The first kappa shape index (κ1) is 62.7. The molecule has 92 heavy (non-hydrogen) atoms. The molecule has 2 N–H and O–H groups in total. The second kappa shape index (κ2) is 26.7. The standard InChI is InChI=1S/C74H68N4O14/c1-41(2)65(67(79)75-33-21-23-35-87-73(85)43(5)6)77-69(81)49-37-53(89-45-25-13-9-14-26-45)59-61-55(91-47-29-17-11-18-30-47)39-51-58-52(72(84)78(71(51)83)66(42(3)4)68(80)76-34-22-24-36-88-74(86)44(7)8)40-56(92-48-31-19-12-20-32-48)62(64(58)61)60-54(90-46-27-15-10-16-28-46)38-50(70(77)82)57(49)63(59)60/h9-20,25-32,37-42,65-66H,5,7,21-24,33-36H2,1-4,6,8H3,(H,75,79)(H,76,80). The second-order valence-electron chi connectivity index (χ2n) is 23.5. The van der Waals surface area contributed by atoms with Crippen LogP contribution in [0.25, 0.3) is 43.1 Å². The maximum absolute atomic E-state index is 15.9. The highest BCUT2D eigenvalue weighted by atomic mass is 16.5. The number of imide groups is 2. The number of nitrogens with one attached hydrogen (secondary N) is 2. The van der Waals surface area contributed by atoms with E-state index >= 15 is 19.2 Å². The minimum absolute atomic E-state index is 0.00453. The fourth-order valence-electron chi connectivity index (χ4n) is 11.9. The van der Waals surface area contributed by atoms with Crippen LogP contribution >= 0.6 is 0 Å². The van der Waals surface area contributed by atoms with E-state index in [9.17, 15) is 19.2 Å². The summed E-state index contributed by atoms with van der Waals surface area (Å²) in [6, 6.07) is 38.9. The largest absolute Gasteiger partial charge is 0.462 e. The summed E-state index contributed by atoms with van der Waals surface area (Å²) in [6.07, 6.45) is 1.66. The Balaban J connectivity index is 1.18. The summed E-state index contributed by atoms with van der Waals surface area (Å²) in [5.74, 6) is -4.93. The molecule has 9 aromatic carbocycles. The zero-order chi connectivity index (χ0) is 65.1. The van der Waals surface area contributed by atoms with Crippen LogP contribution in [0.15, 0.2) is 170 Å². The third-order valence-electron chi connectivity index (χ3n) is 16.1. The SMILES string of the molecule is C=C(C)C(=O)OCCCCNC(=O)C(C(C)C)N1C(=O)c2cc(Oc3ccccc3)c3c4c(Oc5ccccc5)cc5c6c(cc(Oc7ccccc7)c(c7c(Oc8ccccc8)cc(c2c37)C1=O)c64)C(=O)N(C(C(=O)NCCCCOC(=O)C(=C)C)C(C)C)C5=O. The van der Waals surface area contributed by atoms with Crippen molar-refractivity contribution in [2.75, 3.05) is 26.3 Å². The quantitative estimate of drug-likeness (QED) is 0.0129. The Hall–Kier alpha value is -10.9. The van der Waals surface area contributed by atoms with E-state index in [0.29, 0.717) is 48.7 Å². The van der Waals surface area contributed by atoms with Crippen LogP contribution in [-0.2, 0) is 28.7 Å². The summed E-state index contributed by atoms with van der Waals surface area (Å²) in [4.78, 5) is 119. The Kier molecular flexibility index (Phi) is 18.2. The van der Waals surface area contributed by atoms with Crippen LogP contribution in [0.5, 0.6) is 46.0 Å². The zero-order valence-electron chi connectivity index (χ0n) is 51.8. The van der Waals surface area contributed by atoms with Crippen molar-refractivity contribution in [1.29, 1.82) is 0 Å². The fraction of sp³-hybridized carbons (Fsp3) is 0.243. The van der Waals surface area contributed by atoms with Crippen molar-refractivity contribution in [3.8, 4) is 46.0 Å². The number of para-hydroxylation sites is 4. The summed E-state index contributed by atoms with van der Waals surface area (Å²) in [7, 11) is 0. The highest BCUT2D eigenvalue weighted by molar-refractivity contribution is 6.45. The third kappa shape index (κ3) is 12.2. The summed E-state index contributed by atoms with van der Waals surface area (Å²) in [5.41, 5.74) is 0.541. The lowest BCUT2D eigenvalue weighted by molar-refractivity contribution is -0.139. The van der Waals surface area contributed by atoms with Gasteiger partial charge in [0.2, 0.25) is 11.8 Å². The Bertz CT molecular complexity index is 3940. The molecular formula is C74H68N4O14. The molecule has 18 heteroatoms. The van der Waals surface area contributed by atoms with Crippen LogP contribution < -0.4 is 29.6 Å². The molecule has 2 unspecified atom stereocenters. The number of esters is 2. The molecule has 9 aromatic rings. The lowest BCUT2D eigenvalue weighted by Gasteiger charge is -2.37. The van der Waals surface area contributed by atoms with Gasteiger partial charge >= 0.3 is 11.9 Å². The summed E-state index contributed by atoms with van der Waals surface area (Å²) in [6.45, 7) is 17.8. The van der Waals surface area contributed by atoms with Crippen molar-refractivity contribution in [1.82, 2.24) is 20.4 Å². The minimum atomic E-state index is -1.33. The van der Waals surface area contributed by atoms with Gasteiger partial charge in [0, 0.05) is 67.3 Å². The first-order valence-electron chi connectivity index (χ1n) is 30.6. The highest BCUT2D eigenvalue weighted by Crippen LogP contribution is 2.58. The monoisotopic (exact) mass is 1240 g/mol. The van der Waals surface area contributed by atoms with E-state index in [0.717, 1.165) is 9.80 Å². The smallest absolute Gasteiger partial charge is 0.333 e. The molecular weight excluding hydrogens is 1170 g/mol. The van der Waals surface area contributed by atoms with E-state index in [4.69, 9.17) is 28.4 Å². The Labute approximate surface area is 531 Å². The highest BCUT2D eigenvalue weighted by Gasteiger charge is 2.47. The molecule has 2 aliphatic rings. The number of benzene rings is 9. The number of hydrogen-bond acceptors (Lipinski definition) is 14. The van der Waals surface area contributed by atoms with Gasteiger partial charge in [-0.25, -0.2) is 9.59 Å². The van der Waals surface area contributed by atoms with Gasteiger partial charge in [-0.2, -0.15) is 0 Å². The van der Waals surface area contributed by atoms with Gasteiger partial charge in [0.25, 0.3) is 23.6 Å². The van der Waals surface area contributed by atoms with Crippen molar-refractivity contribution in [3.05, 3.63) is 192 Å². The van der Waals surface area contributed by atoms with E-state index in [-0.39, 0.29) is 126 Å². The van der Waals surface area contributed by atoms with Crippen molar-refractivity contribution in [2.45, 2.75) is 79.3 Å². The van der Waals surface area contributed by atoms with E-state index in [2.05, 4.69) is 23.8 Å². The third-order valence-corrected chi connectivity index (χ3v) is 16.1. The molecule has 0 fully saturated rings. The minimum Gasteiger partial charge on any atom is -0.462 e. The maximum Gasteiger partial charge on any atom is 0.333 e. The van der Waals surface area contributed by atoms with E-state index < -0.39 is 71.3 Å². The number of nitrogens with zero attached hydrogens (tertiary/aromatic N) is 2. The first-order chi connectivity index (χ1) is 44.3. The number of carbonyl (C=O) groups is 8. The average Bonchev–Trinajstić information content (AvgIpc) is 0.674. The van der Waals surface area contributed by atoms with E-state index in [1.54, 1.807) is 163 Å². The first-order valence-corrected chi connectivity index (χ1v) is 30.6. The van der Waals surface area contributed by atoms with Crippen LogP contribution in [0, 0.1) is 11.8 Å². The molecule has 6 amide bonds. The molecule has 0 saturated carbocycles. The van der Waals surface area contributed by atoms with Crippen molar-refractivity contribution in [2.24, 2.45) is 11.8 Å². The van der Waals surface area contributed by atoms with Crippen LogP contribution in [0.2, 0.25) is 0 Å². The van der Waals surface area contributed by atoms with Crippen molar-refractivity contribution >= 4 is 90.5 Å². The molecule has 2 heterocycles. The lowest BCUT2D eigenvalue weighted by atomic mass is 9.80. The number of unbranched alkanes of at least 4 members (excludes halogenated alkanes) is 2. The summed E-state index contributed by atoms with van der Waals surface area (Å²) >= 11 is 0. The number of ether oxygens (including phenoxy) is 6. The number of rotatable bonds is 26. The van der Waals surface area contributed by atoms with Gasteiger partial charge in [-0.05, 0) is 124 Å². The van der Waals surface area contributed by atoms with Crippen molar-refractivity contribution in [3.63, 3.8) is 0 Å². The molecule has 0 spiro atoms. The molecule has 18 nitrogen and oxygen atoms in total. The van der Waals surface area contributed by atoms with Crippen LogP contribution in [0.1, 0.15) is 109 Å². The average molecular weight is 1240 g/mol. The van der Waals surface area contributed by atoms with E-state index in [1.165, 1.54) is 0 Å². The van der Waals surface area contributed by atoms with Crippen LogP contribution in [0.3, 0.4) is 0 Å². The number of hydrogen-bond donors (Lipinski definition) is 2. The molecule has 0 bridgehead atoms. The molecule has 11 rings (SSSR count). The molecule has 0 radical (unpaired) electrons. The van der Waals surface area contributed by atoms with Crippen LogP contribution in [-0.4, -0.2) is 95.6 Å². The van der Waals surface area contributed by atoms with Crippen molar-refractivity contribution < 1.29 is 66.8 Å². The molecule has 0 aliphatic carbocycles. The predicted octanol–water partition coefficient (Wildman–Crippen LogP) is 14.2. The van der Waals surface area contributed by atoms with Gasteiger partial charge in [-0.15, -0.1) is 0 Å². The van der Waals surface area contributed by atoms with Gasteiger partial charge in [0.15, 0.2) is 0 Å². The second-order valence-corrected chi connectivity index (χ2v) is 23.5. The topological polar surface area (TPSA) is 222 Å². The van der Waals surface area contributed by atoms with Gasteiger partial charge in [-0.3, -0.25) is 38.6 Å². The Morgan fingerprint density at radius 3 is 0.891 bits per heavy atom. The Morgan fingerprint density at radius 1 is 0.391 bits per heavy atom. The molecule has 2 aliphatic heterocycles. The fourth-order valence-corrected chi connectivity index (χ4v) is 11.9. The van der Waals surface area contributed by atoms with E-state index in [1.807, 2.05) is 24.3 Å². The number of amides is 6. The van der Waals surface area contributed by atoms with Crippen LogP contribution in [0.4, 0.5) is 0 Å². The number of fused-ring (bicyclic) bond motifs is 2. The maximum atomic E-state index is 15.9. The normalized spacial score (nSPS) is 13.4. The summed E-state index contributed by atoms with van der Waals surface area (Å²) in [5, 5.41) is 7.90. The van der Waals surface area contributed by atoms with Gasteiger partial charge in [0.05, 0.1) is 35.5 Å². The van der Waals surface area contributed by atoms with Gasteiger partial charge in [-0.1, -0.05) is 114 Å². The molecule has 468 valence electrons. The molecule has 0 saturated heterocycles. The number of carbonyl (C=O) groups excluding carboxylic acids is 8. The zero-order valence-corrected chi connectivity index (χ0v) is 51.8. The molecule has 2 atom stereocenters. The van der Waals surface area contributed by atoms with Gasteiger partial charge in [0.1, 0.15) is 58.1 Å². The summed E-state index contributed by atoms with van der Waals surface area (Å²) < 4.78 is 38.6. The predicted molar refractivity (Wildman–Crippen MR) is 348 cm³/mol. The Morgan fingerprint density at radius 2 is 0.652 bits per heavy atom. The lowest BCUT2D eigenvalue weighted by Crippen LogP contribution is -2.56.